The third-order valence-electron chi connectivity index (χ3n) is 5.24. The highest BCUT2D eigenvalue weighted by molar-refractivity contribution is 6.31. The standard InChI is InChI=1S/C24H19ClN4O5/c25-17-5-2-16(3-6-17)4-9-20(14-28-15-21-27-24(28)34-23(31)22(30)33-21)32-19-10-7-18(8-11-19)29-13-1-12-26-29/h1-3,5-8,10-13,15,20H,4,9,14H2. The number of imidazole rings is 1. The number of hydrogen-bond donors (Lipinski definition) is 0. The summed E-state index contributed by atoms with van der Waals surface area (Å²) >= 11 is 6.00. The van der Waals surface area contributed by atoms with E-state index in [1.165, 1.54) is 6.20 Å². The van der Waals surface area contributed by atoms with E-state index in [1.54, 1.807) is 15.4 Å². The van der Waals surface area contributed by atoms with Gasteiger partial charge in [-0.3, -0.25) is 4.57 Å². The first-order chi connectivity index (χ1) is 16.5. The number of aromatic nitrogens is 4. The smallest absolute Gasteiger partial charge is 0.425 e. The Hall–Kier alpha value is -4.11. The first-order valence-corrected chi connectivity index (χ1v) is 10.9. The maximum Gasteiger partial charge on any atom is 0.425 e. The van der Waals surface area contributed by atoms with Crippen LogP contribution in [0.15, 0.2) is 73.2 Å². The van der Waals surface area contributed by atoms with E-state index in [0.717, 1.165) is 17.7 Å². The molecule has 172 valence electrons. The summed E-state index contributed by atoms with van der Waals surface area (Å²) in [5, 5.41) is 4.90. The molecule has 3 heterocycles. The summed E-state index contributed by atoms with van der Waals surface area (Å²) < 4.78 is 19.6. The maximum absolute atomic E-state index is 11.7. The lowest BCUT2D eigenvalue weighted by molar-refractivity contribution is -0.156. The molecule has 1 aliphatic rings. The molecule has 5 rings (SSSR count). The summed E-state index contributed by atoms with van der Waals surface area (Å²) in [6.07, 6.45) is 6.18. The molecular formula is C24H19ClN4O5. The third kappa shape index (κ3) is 4.94. The van der Waals surface area contributed by atoms with Crippen molar-refractivity contribution >= 4 is 23.5 Å². The molecule has 1 atom stereocenters. The van der Waals surface area contributed by atoms with Crippen LogP contribution in [0.1, 0.15) is 12.0 Å². The quantitative estimate of drug-likeness (QED) is 0.282. The summed E-state index contributed by atoms with van der Waals surface area (Å²) in [5.41, 5.74) is 2.02. The molecule has 0 N–H and O–H groups in total. The number of aryl methyl sites for hydroxylation is 1. The molecule has 0 aliphatic carbocycles. The highest BCUT2D eigenvalue weighted by Gasteiger charge is 2.29. The normalized spacial score (nSPS) is 13.7. The van der Waals surface area contributed by atoms with Crippen molar-refractivity contribution in [3.8, 4) is 23.3 Å². The maximum atomic E-state index is 11.7. The number of ether oxygens (including phenoxy) is 3. The Kier molecular flexibility index (Phi) is 6.01. The van der Waals surface area contributed by atoms with E-state index in [-0.39, 0.29) is 18.0 Å². The van der Waals surface area contributed by atoms with Crippen LogP contribution < -0.4 is 14.2 Å². The molecule has 2 bridgehead atoms. The summed E-state index contributed by atoms with van der Waals surface area (Å²) in [6.45, 7) is 0.321. The molecule has 10 heteroatoms. The number of nitrogens with zero attached hydrogens (tertiary/aromatic N) is 4. The summed E-state index contributed by atoms with van der Waals surface area (Å²) in [4.78, 5) is 27.2. The van der Waals surface area contributed by atoms with Crippen molar-refractivity contribution in [1.82, 2.24) is 19.3 Å². The lowest BCUT2D eigenvalue weighted by atomic mass is 10.1. The van der Waals surface area contributed by atoms with Crippen LogP contribution in [0, 0.1) is 0 Å². The molecule has 2 aromatic carbocycles. The number of esters is 2. The van der Waals surface area contributed by atoms with Crippen LogP contribution in [0.2, 0.25) is 5.02 Å². The van der Waals surface area contributed by atoms with Gasteiger partial charge in [0.25, 0.3) is 0 Å². The fourth-order valence-corrected chi connectivity index (χ4v) is 3.70. The van der Waals surface area contributed by atoms with Crippen LogP contribution in [-0.2, 0) is 22.6 Å². The van der Waals surface area contributed by atoms with E-state index in [0.29, 0.717) is 23.7 Å². The number of fused-ring (bicyclic) bond motifs is 2. The third-order valence-corrected chi connectivity index (χ3v) is 5.49. The van der Waals surface area contributed by atoms with Crippen molar-refractivity contribution in [3.63, 3.8) is 0 Å². The number of carbonyl (C=O) groups is 2. The molecule has 0 saturated heterocycles. The molecule has 34 heavy (non-hydrogen) atoms. The van der Waals surface area contributed by atoms with Gasteiger partial charge in [-0.05, 0) is 60.9 Å². The van der Waals surface area contributed by atoms with Gasteiger partial charge in [0.15, 0.2) is 0 Å². The number of carbonyl (C=O) groups excluding carboxylic acids is 2. The van der Waals surface area contributed by atoms with Crippen molar-refractivity contribution in [2.45, 2.75) is 25.5 Å². The summed E-state index contributed by atoms with van der Waals surface area (Å²) in [6, 6.07) is 17.1. The van der Waals surface area contributed by atoms with Gasteiger partial charge in [0.1, 0.15) is 11.9 Å². The fourth-order valence-electron chi connectivity index (χ4n) is 3.58. The van der Waals surface area contributed by atoms with Crippen molar-refractivity contribution in [3.05, 3.63) is 83.8 Å². The van der Waals surface area contributed by atoms with Gasteiger partial charge in [-0.2, -0.15) is 10.1 Å². The second-order valence-corrected chi connectivity index (χ2v) is 8.08. The number of benzene rings is 2. The van der Waals surface area contributed by atoms with Gasteiger partial charge in [0.05, 0.1) is 18.4 Å². The largest absolute Gasteiger partial charge is 0.489 e. The van der Waals surface area contributed by atoms with Crippen molar-refractivity contribution in [1.29, 1.82) is 0 Å². The molecule has 0 amide bonds. The van der Waals surface area contributed by atoms with E-state index < -0.39 is 11.9 Å². The number of halogens is 1. The minimum atomic E-state index is -1.11. The van der Waals surface area contributed by atoms with Crippen LogP contribution in [0.5, 0.6) is 17.6 Å². The molecule has 2 aromatic heterocycles. The molecule has 1 aliphatic heterocycles. The second-order valence-electron chi connectivity index (χ2n) is 7.64. The van der Waals surface area contributed by atoms with E-state index in [4.69, 9.17) is 25.8 Å². The average Bonchev–Trinajstić information content (AvgIpc) is 3.46. The molecule has 0 fully saturated rings. The van der Waals surface area contributed by atoms with Crippen molar-refractivity contribution in [2.75, 3.05) is 0 Å². The van der Waals surface area contributed by atoms with Gasteiger partial charge in [-0.25, -0.2) is 14.3 Å². The van der Waals surface area contributed by atoms with Gasteiger partial charge >= 0.3 is 17.9 Å². The zero-order chi connectivity index (χ0) is 23.5. The van der Waals surface area contributed by atoms with Gasteiger partial charge in [-0.15, -0.1) is 0 Å². The predicted molar refractivity (Wildman–Crippen MR) is 121 cm³/mol. The van der Waals surface area contributed by atoms with Crippen LogP contribution in [-0.4, -0.2) is 37.4 Å². The Bertz CT molecular complexity index is 1300. The van der Waals surface area contributed by atoms with Gasteiger partial charge in [-0.1, -0.05) is 23.7 Å². The van der Waals surface area contributed by atoms with Gasteiger partial charge < -0.3 is 14.2 Å². The predicted octanol–water partition coefficient (Wildman–Crippen LogP) is 3.63. The topological polar surface area (TPSA) is 97.5 Å². The monoisotopic (exact) mass is 478 g/mol. The van der Waals surface area contributed by atoms with E-state index in [9.17, 15) is 9.59 Å². The van der Waals surface area contributed by atoms with Crippen LogP contribution in [0.25, 0.3) is 5.69 Å². The Balaban J connectivity index is 1.34. The molecule has 9 nitrogen and oxygen atoms in total. The molecule has 1 unspecified atom stereocenters. The molecule has 0 radical (unpaired) electrons. The fraction of sp³-hybridized carbons (Fsp3) is 0.167. The molecule has 0 spiro atoms. The van der Waals surface area contributed by atoms with Gasteiger partial charge in [0.2, 0.25) is 5.88 Å². The minimum absolute atomic E-state index is 0.00544. The molecular weight excluding hydrogens is 460 g/mol. The summed E-state index contributed by atoms with van der Waals surface area (Å²) in [7, 11) is 0. The average molecular weight is 479 g/mol. The van der Waals surface area contributed by atoms with Crippen LogP contribution in [0.4, 0.5) is 0 Å². The van der Waals surface area contributed by atoms with Gasteiger partial charge in [0, 0.05) is 17.4 Å². The van der Waals surface area contributed by atoms with E-state index in [1.807, 2.05) is 60.8 Å². The lowest BCUT2D eigenvalue weighted by Gasteiger charge is -2.21. The van der Waals surface area contributed by atoms with Crippen LogP contribution >= 0.6 is 11.6 Å². The summed E-state index contributed by atoms with van der Waals surface area (Å²) in [5.74, 6) is -1.53. The Morgan fingerprint density at radius 3 is 2.50 bits per heavy atom. The zero-order valence-electron chi connectivity index (χ0n) is 17.8. The Morgan fingerprint density at radius 1 is 1.00 bits per heavy atom. The second kappa shape index (κ2) is 9.40. The first-order valence-electron chi connectivity index (χ1n) is 10.6. The highest BCUT2D eigenvalue weighted by Crippen LogP contribution is 2.24. The Morgan fingerprint density at radius 2 is 1.76 bits per heavy atom. The SMILES string of the molecule is O=C1Oc2cn(CC(CCc3ccc(Cl)cc3)Oc3ccc(-n4cccn4)cc3)c(n2)OC1=O. The van der Waals surface area contributed by atoms with Crippen LogP contribution in [0.3, 0.4) is 0 Å². The highest BCUT2D eigenvalue weighted by atomic mass is 35.5. The van der Waals surface area contributed by atoms with E-state index >= 15 is 0 Å². The van der Waals surface area contributed by atoms with Crippen molar-refractivity contribution < 1.29 is 23.8 Å². The molecule has 4 aromatic rings. The first kappa shape index (κ1) is 21.7. The number of hydrogen-bond acceptors (Lipinski definition) is 7. The minimum Gasteiger partial charge on any atom is -0.489 e. The zero-order valence-corrected chi connectivity index (χ0v) is 18.6. The number of rotatable bonds is 8. The van der Waals surface area contributed by atoms with Crippen molar-refractivity contribution in [2.24, 2.45) is 0 Å². The van der Waals surface area contributed by atoms with E-state index in [2.05, 4.69) is 10.1 Å². The lowest BCUT2D eigenvalue weighted by Crippen LogP contribution is -2.28. The molecule has 0 saturated carbocycles. The Labute approximate surface area is 199 Å².